The molecule has 0 aromatic carbocycles. The van der Waals surface area contributed by atoms with E-state index in [9.17, 15) is 9.59 Å². The topological polar surface area (TPSA) is 78.4 Å². The number of carboxylic acid groups (broad SMARTS) is 1. The Balaban J connectivity index is 3.79. The molecule has 0 aliphatic carbocycles. The summed E-state index contributed by atoms with van der Waals surface area (Å²) >= 11 is 0. The van der Waals surface area contributed by atoms with E-state index in [4.69, 9.17) is 5.11 Å². The Morgan fingerprint density at radius 2 is 1.93 bits per heavy atom. The third-order valence-electron chi connectivity index (χ3n) is 2.07. The largest absolute Gasteiger partial charge is 0.481 e. The molecule has 0 saturated carbocycles. The van der Waals surface area contributed by atoms with E-state index in [1.165, 1.54) is 0 Å². The minimum absolute atomic E-state index is 0.0266. The van der Waals surface area contributed by atoms with E-state index in [2.05, 4.69) is 10.6 Å². The maximum Gasteiger partial charge on any atom is 0.303 e. The molecule has 0 aliphatic rings. The third kappa shape index (κ3) is 6.90. The zero-order valence-electron chi connectivity index (χ0n) is 9.54. The van der Waals surface area contributed by atoms with Crippen molar-refractivity contribution < 1.29 is 14.7 Å². The van der Waals surface area contributed by atoms with E-state index < -0.39 is 5.97 Å². The lowest BCUT2D eigenvalue weighted by Crippen LogP contribution is -2.45. The average molecular weight is 216 g/mol. The molecule has 0 aromatic rings. The number of carboxylic acids is 1. The van der Waals surface area contributed by atoms with Gasteiger partial charge in [0, 0.05) is 19.0 Å². The molecule has 0 spiro atoms. The van der Waals surface area contributed by atoms with E-state index in [1.54, 1.807) is 6.92 Å². The van der Waals surface area contributed by atoms with Crippen molar-refractivity contribution in [2.45, 2.75) is 45.7 Å². The summed E-state index contributed by atoms with van der Waals surface area (Å²) in [5.74, 6) is -0.867. The minimum atomic E-state index is -0.811. The van der Waals surface area contributed by atoms with Crippen molar-refractivity contribution in [3.8, 4) is 0 Å². The summed E-state index contributed by atoms with van der Waals surface area (Å²) in [5.41, 5.74) is 0. The van der Waals surface area contributed by atoms with Crippen molar-refractivity contribution in [2.75, 3.05) is 6.54 Å². The Kier molecular flexibility index (Phi) is 6.70. The van der Waals surface area contributed by atoms with Crippen molar-refractivity contribution in [1.82, 2.24) is 10.6 Å². The molecule has 0 radical (unpaired) electrons. The molecule has 3 N–H and O–H groups in total. The lowest BCUT2D eigenvalue weighted by atomic mass is 10.1. The number of nitrogens with one attached hydrogen (secondary N) is 2. The molecule has 0 aromatic heterocycles. The second-order valence-corrected chi connectivity index (χ2v) is 3.62. The average Bonchev–Trinajstić information content (AvgIpc) is 2.15. The molecule has 1 amide bonds. The fourth-order valence-corrected chi connectivity index (χ4v) is 1.25. The predicted molar refractivity (Wildman–Crippen MR) is 57.6 cm³/mol. The molecular formula is C10H20N2O3. The SMILES string of the molecule is CCNC(=O)C(C)NC(C)CCC(=O)O. The van der Waals surface area contributed by atoms with Gasteiger partial charge in [0.25, 0.3) is 0 Å². The van der Waals surface area contributed by atoms with E-state index in [1.807, 2.05) is 13.8 Å². The van der Waals surface area contributed by atoms with Gasteiger partial charge < -0.3 is 15.7 Å². The van der Waals surface area contributed by atoms with Crippen molar-refractivity contribution >= 4 is 11.9 Å². The molecule has 88 valence electrons. The lowest BCUT2D eigenvalue weighted by Gasteiger charge is -2.18. The van der Waals surface area contributed by atoms with Crippen molar-refractivity contribution in [3.63, 3.8) is 0 Å². The maximum atomic E-state index is 11.3. The normalized spacial score (nSPS) is 14.3. The van der Waals surface area contributed by atoms with Gasteiger partial charge in [0.15, 0.2) is 0 Å². The molecule has 2 atom stereocenters. The highest BCUT2D eigenvalue weighted by atomic mass is 16.4. The maximum absolute atomic E-state index is 11.3. The zero-order chi connectivity index (χ0) is 11.8. The van der Waals surface area contributed by atoms with Gasteiger partial charge in [-0.1, -0.05) is 0 Å². The first-order valence-electron chi connectivity index (χ1n) is 5.23. The highest BCUT2D eigenvalue weighted by Gasteiger charge is 2.14. The van der Waals surface area contributed by atoms with Crippen molar-refractivity contribution in [3.05, 3.63) is 0 Å². The summed E-state index contributed by atoms with van der Waals surface area (Å²) in [5, 5.41) is 14.2. The van der Waals surface area contributed by atoms with Crippen LogP contribution in [0.2, 0.25) is 0 Å². The van der Waals surface area contributed by atoms with Crippen LogP contribution in [0.25, 0.3) is 0 Å². The molecule has 0 fully saturated rings. The number of hydrogen-bond acceptors (Lipinski definition) is 3. The minimum Gasteiger partial charge on any atom is -0.481 e. The first-order chi connectivity index (χ1) is 6.97. The molecular weight excluding hydrogens is 196 g/mol. The summed E-state index contributed by atoms with van der Waals surface area (Å²) < 4.78 is 0. The Bertz CT molecular complexity index is 219. The molecule has 0 rings (SSSR count). The first kappa shape index (κ1) is 13.9. The molecule has 0 heterocycles. The van der Waals surface area contributed by atoms with Gasteiger partial charge in [-0.2, -0.15) is 0 Å². The van der Waals surface area contributed by atoms with Crippen LogP contribution in [0.5, 0.6) is 0 Å². The number of carbonyl (C=O) groups is 2. The molecule has 0 aliphatic heterocycles. The number of hydrogen-bond donors (Lipinski definition) is 3. The van der Waals surface area contributed by atoms with E-state index in [0.717, 1.165) is 0 Å². The number of carbonyl (C=O) groups excluding carboxylic acids is 1. The van der Waals surface area contributed by atoms with Crippen molar-refractivity contribution in [1.29, 1.82) is 0 Å². The highest BCUT2D eigenvalue weighted by Crippen LogP contribution is 1.98. The molecule has 15 heavy (non-hydrogen) atoms. The van der Waals surface area contributed by atoms with E-state index in [0.29, 0.717) is 13.0 Å². The standard InChI is InChI=1S/C10H20N2O3/c1-4-11-10(15)8(3)12-7(2)5-6-9(13)14/h7-8,12H,4-6H2,1-3H3,(H,11,15)(H,13,14). The highest BCUT2D eigenvalue weighted by molar-refractivity contribution is 5.81. The molecule has 5 nitrogen and oxygen atoms in total. The Morgan fingerprint density at radius 3 is 2.40 bits per heavy atom. The summed E-state index contributed by atoms with van der Waals surface area (Å²) in [7, 11) is 0. The second-order valence-electron chi connectivity index (χ2n) is 3.62. The van der Waals surface area contributed by atoms with E-state index >= 15 is 0 Å². The van der Waals surface area contributed by atoms with Crippen LogP contribution in [-0.2, 0) is 9.59 Å². The fourth-order valence-electron chi connectivity index (χ4n) is 1.25. The number of amides is 1. The molecule has 0 saturated heterocycles. The van der Waals surface area contributed by atoms with Gasteiger partial charge in [0.05, 0.1) is 6.04 Å². The summed E-state index contributed by atoms with van der Waals surface area (Å²) in [6.45, 7) is 6.10. The molecule has 0 bridgehead atoms. The number of rotatable bonds is 7. The van der Waals surface area contributed by atoms with Crippen LogP contribution in [0.4, 0.5) is 0 Å². The smallest absolute Gasteiger partial charge is 0.303 e. The van der Waals surface area contributed by atoms with Gasteiger partial charge in [-0.05, 0) is 27.2 Å². The second kappa shape index (κ2) is 7.23. The van der Waals surface area contributed by atoms with Crippen LogP contribution in [0, 0.1) is 0 Å². The van der Waals surface area contributed by atoms with Crippen LogP contribution in [-0.4, -0.2) is 35.6 Å². The number of aliphatic carboxylic acids is 1. The summed E-state index contributed by atoms with van der Waals surface area (Å²) in [6, 6.07) is -0.257. The van der Waals surface area contributed by atoms with E-state index in [-0.39, 0.29) is 24.4 Å². The summed E-state index contributed by atoms with van der Waals surface area (Å²) in [6.07, 6.45) is 0.648. The Morgan fingerprint density at radius 1 is 1.33 bits per heavy atom. The van der Waals surface area contributed by atoms with Crippen LogP contribution in [0.3, 0.4) is 0 Å². The van der Waals surface area contributed by atoms with Crippen LogP contribution in [0.1, 0.15) is 33.6 Å². The van der Waals surface area contributed by atoms with Gasteiger partial charge in [-0.15, -0.1) is 0 Å². The van der Waals surface area contributed by atoms with Gasteiger partial charge in [-0.3, -0.25) is 9.59 Å². The van der Waals surface area contributed by atoms with Crippen LogP contribution in [0.15, 0.2) is 0 Å². The fraction of sp³-hybridized carbons (Fsp3) is 0.800. The quantitative estimate of drug-likeness (QED) is 0.574. The van der Waals surface area contributed by atoms with Gasteiger partial charge in [0.2, 0.25) is 5.91 Å². The zero-order valence-corrected chi connectivity index (χ0v) is 9.54. The summed E-state index contributed by atoms with van der Waals surface area (Å²) in [4.78, 5) is 21.6. The molecule has 5 heteroatoms. The van der Waals surface area contributed by atoms with Gasteiger partial charge in [0.1, 0.15) is 0 Å². The predicted octanol–water partition coefficient (Wildman–Crippen LogP) is 0.354. The lowest BCUT2D eigenvalue weighted by molar-refractivity contribution is -0.137. The van der Waals surface area contributed by atoms with Crippen LogP contribution < -0.4 is 10.6 Å². The van der Waals surface area contributed by atoms with Gasteiger partial charge in [-0.25, -0.2) is 0 Å². The van der Waals surface area contributed by atoms with Gasteiger partial charge >= 0.3 is 5.97 Å². The Labute approximate surface area is 90.2 Å². The Hall–Kier alpha value is -1.10. The molecule has 2 unspecified atom stereocenters. The first-order valence-corrected chi connectivity index (χ1v) is 5.23. The van der Waals surface area contributed by atoms with Crippen molar-refractivity contribution in [2.24, 2.45) is 0 Å². The monoisotopic (exact) mass is 216 g/mol. The van der Waals surface area contributed by atoms with Crippen LogP contribution >= 0.6 is 0 Å². The number of likely N-dealkylation sites (N-methyl/N-ethyl adjacent to an activating group) is 1. The third-order valence-corrected chi connectivity index (χ3v) is 2.07.